The van der Waals surface area contributed by atoms with Gasteiger partial charge >= 0.3 is 0 Å². The van der Waals surface area contributed by atoms with Crippen LogP contribution in [0.1, 0.15) is 24.6 Å². The van der Waals surface area contributed by atoms with E-state index < -0.39 is 14.9 Å². The van der Waals surface area contributed by atoms with E-state index in [4.69, 9.17) is 6.42 Å². The van der Waals surface area contributed by atoms with Gasteiger partial charge in [0.25, 0.3) is 5.69 Å². The second kappa shape index (κ2) is 11.8. The SMILES string of the molecule is C#Cc1cc([N+](=O)[O-])cc(S(=O)(=O)N2CCN(Cc3ccccn3)CC2)c1N(CCC)CCBr. The van der Waals surface area contributed by atoms with Crippen LogP contribution in [0.15, 0.2) is 41.4 Å². The fourth-order valence-corrected chi connectivity index (χ4v) is 6.13. The molecule has 1 aliphatic heterocycles. The van der Waals surface area contributed by atoms with Gasteiger partial charge in [-0.05, 0) is 18.6 Å². The second-order valence-electron chi connectivity index (χ2n) is 7.92. The van der Waals surface area contributed by atoms with E-state index in [2.05, 4.69) is 31.7 Å². The summed E-state index contributed by atoms with van der Waals surface area (Å²) in [5.74, 6) is 2.48. The maximum absolute atomic E-state index is 13.8. The number of non-ortho nitro benzene ring substituents is 1. The van der Waals surface area contributed by atoms with Gasteiger partial charge in [0.05, 0.1) is 21.9 Å². The Labute approximate surface area is 209 Å². The highest BCUT2D eigenvalue weighted by Gasteiger charge is 2.34. The van der Waals surface area contributed by atoms with Gasteiger partial charge in [0.15, 0.2) is 0 Å². The smallest absolute Gasteiger partial charge is 0.272 e. The molecule has 0 unspecified atom stereocenters. The molecule has 2 aromatic rings. The fraction of sp³-hybridized carbons (Fsp3) is 0.435. The number of anilines is 1. The van der Waals surface area contributed by atoms with E-state index in [1.807, 2.05) is 30.0 Å². The number of aromatic nitrogens is 1. The van der Waals surface area contributed by atoms with Crippen molar-refractivity contribution in [2.75, 3.05) is 49.5 Å². The van der Waals surface area contributed by atoms with E-state index in [1.54, 1.807) is 6.20 Å². The first-order valence-electron chi connectivity index (χ1n) is 11.0. The van der Waals surface area contributed by atoms with Crippen molar-refractivity contribution >= 4 is 37.3 Å². The minimum absolute atomic E-state index is 0.109. The van der Waals surface area contributed by atoms with E-state index in [0.717, 1.165) is 18.2 Å². The molecule has 0 saturated carbocycles. The molecule has 0 amide bonds. The van der Waals surface area contributed by atoms with Gasteiger partial charge in [-0.25, -0.2) is 8.42 Å². The Kier molecular flexibility index (Phi) is 9.02. The van der Waals surface area contributed by atoms with Crippen LogP contribution in [0.4, 0.5) is 11.4 Å². The highest BCUT2D eigenvalue weighted by Crippen LogP contribution is 2.36. The quantitative estimate of drug-likeness (QED) is 0.194. The van der Waals surface area contributed by atoms with Crippen molar-refractivity contribution in [3.63, 3.8) is 0 Å². The highest BCUT2D eigenvalue weighted by atomic mass is 79.9. The van der Waals surface area contributed by atoms with E-state index in [0.29, 0.717) is 43.7 Å². The lowest BCUT2D eigenvalue weighted by Crippen LogP contribution is -2.48. The van der Waals surface area contributed by atoms with Crippen LogP contribution in [0.2, 0.25) is 0 Å². The molecule has 182 valence electrons. The summed E-state index contributed by atoms with van der Waals surface area (Å²) in [5, 5.41) is 12.2. The molecule has 1 aromatic heterocycles. The van der Waals surface area contributed by atoms with E-state index in [9.17, 15) is 18.5 Å². The van der Waals surface area contributed by atoms with Crippen molar-refractivity contribution in [2.24, 2.45) is 0 Å². The summed E-state index contributed by atoms with van der Waals surface area (Å²) in [6.45, 7) is 5.30. The van der Waals surface area contributed by atoms with Crippen LogP contribution in [-0.2, 0) is 16.6 Å². The monoisotopic (exact) mass is 549 g/mol. The van der Waals surface area contributed by atoms with Crippen molar-refractivity contribution in [2.45, 2.75) is 24.8 Å². The summed E-state index contributed by atoms with van der Waals surface area (Å²) in [7, 11) is -4.03. The third kappa shape index (κ3) is 5.93. The normalized spacial score (nSPS) is 15.1. The van der Waals surface area contributed by atoms with Gasteiger partial charge in [0.1, 0.15) is 4.90 Å². The molecule has 0 radical (unpaired) electrons. The number of pyridine rings is 1. The average Bonchev–Trinajstić information content (AvgIpc) is 2.84. The number of halogens is 1. The van der Waals surface area contributed by atoms with Crippen molar-refractivity contribution in [1.29, 1.82) is 0 Å². The molecule has 0 N–H and O–H groups in total. The van der Waals surface area contributed by atoms with Gasteiger partial charge in [-0.15, -0.1) is 6.42 Å². The molecule has 3 rings (SSSR count). The molecule has 34 heavy (non-hydrogen) atoms. The molecule has 0 spiro atoms. The van der Waals surface area contributed by atoms with Crippen LogP contribution in [0.25, 0.3) is 0 Å². The van der Waals surface area contributed by atoms with E-state index >= 15 is 0 Å². The molecule has 2 heterocycles. The van der Waals surface area contributed by atoms with Gasteiger partial charge in [-0.3, -0.25) is 20.0 Å². The first-order valence-corrected chi connectivity index (χ1v) is 13.6. The maximum atomic E-state index is 13.8. The number of terminal acetylenes is 1. The number of rotatable bonds is 10. The second-order valence-corrected chi connectivity index (χ2v) is 10.6. The molecule has 9 nitrogen and oxygen atoms in total. The molecule has 0 bridgehead atoms. The Morgan fingerprint density at radius 1 is 1.24 bits per heavy atom. The number of nitro groups is 1. The number of benzene rings is 1. The van der Waals surface area contributed by atoms with E-state index in [1.165, 1.54) is 10.4 Å². The predicted molar refractivity (Wildman–Crippen MR) is 136 cm³/mol. The molecule has 1 aliphatic rings. The van der Waals surface area contributed by atoms with Crippen LogP contribution in [-0.4, -0.2) is 72.1 Å². The van der Waals surface area contributed by atoms with Gasteiger partial charge in [0, 0.05) is 69.5 Å². The zero-order valence-corrected chi connectivity index (χ0v) is 21.5. The zero-order chi connectivity index (χ0) is 24.7. The number of hydrogen-bond donors (Lipinski definition) is 0. The number of nitrogens with zero attached hydrogens (tertiary/aromatic N) is 5. The minimum atomic E-state index is -4.03. The van der Waals surface area contributed by atoms with Crippen LogP contribution in [0.3, 0.4) is 0 Å². The van der Waals surface area contributed by atoms with Gasteiger partial charge in [0.2, 0.25) is 10.0 Å². The maximum Gasteiger partial charge on any atom is 0.272 e. The van der Waals surface area contributed by atoms with Crippen molar-refractivity contribution < 1.29 is 13.3 Å². The number of nitro benzene ring substituents is 1. The lowest BCUT2D eigenvalue weighted by molar-refractivity contribution is -0.385. The Balaban J connectivity index is 1.95. The highest BCUT2D eigenvalue weighted by molar-refractivity contribution is 9.09. The van der Waals surface area contributed by atoms with Gasteiger partial charge in [-0.1, -0.05) is 34.8 Å². The summed E-state index contributed by atoms with van der Waals surface area (Å²) in [6, 6.07) is 8.13. The van der Waals surface area contributed by atoms with Crippen LogP contribution >= 0.6 is 15.9 Å². The molecule has 1 fully saturated rings. The third-order valence-electron chi connectivity index (χ3n) is 5.65. The first kappa shape index (κ1) is 26.1. The number of hydrogen-bond acceptors (Lipinski definition) is 7. The average molecular weight is 550 g/mol. The number of alkyl halides is 1. The van der Waals surface area contributed by atoms with Crippen LogP contribution in [0.5, 0.6) is 0 Å². The summed E-state index contributed by atoms with van der Waals surface area (Å²) in [6.07, 6.45) is 8.20. The molecule has 11 heteroatoms. The van der Waals surface area contributed by atoms with Gasteiger partial charge in [-0.2, -0.15) is 4.31 Å². The Bertz CT molecular complexity index is 1140. The van der Waals surface area contributed by atoms with Crippen molar-refractivity contribution in [3.8, 4) is 12.3 Å². The summed E-state index contributed by atoms with van der Waals surface area (Å²) in [5.41, 5.74) is 1.14. The third-order valence-corrected chi connectivity index (χ3v) is 7.92. The number of piperazine rings is 1. The largest absolute Gasteiger partial charge is 0.369 e. The predicted octanol–water partition coefficient (Wildman–Crippen LogP) is 3.09. The first-order chi connectivity index (χ1) is 16.3. The lowest BCUT2D eigenvalue weighted by Gasteiger charge is -2.35. The Morgan fingerprint density at radius 2 is 1.97 bits per heavy atom. The molecule has 0 atom stereocenters. The summed E-state index contributed by atoms with van der Waals surface area (Å²) >= 11 is 3.41. The summed E-state index contributed by atoms with van der Waals surface area (Å²) in [4.78, 5) is 19.2. The van der Waals surface area contributed by atoms with Crippen LogP contribution < -0.4 is 4.90 Å². The van der Waals surface area contributed by atoms with Crippen LogP contribution in [0, 0.1) is 22.5 Å². The zero-order valence-electron chi connectivity index (χ0n) is 19.1. The molecular weight excluding hydrogens is 522 g/mol. The molecule has 1 saturated heterocycles. The standard InChI is InChI=1S/C23H28BrN5O4S/c1-3-10-27(11-8-24)23-19(4-2)16-21(29(30)31)17-22(23)34(32,33)28-14-12-26(13-15-28)18-20-7-5-6-9-25-20/h2,5-7,9,16-17H,3,8,10-15,18H2,1H3. The summed E-state index contributed by atoms with van der Waals surface area (Å²) < 4.78 is 29.0. The lowest BCUT2D eigenvalue weighted by atomic mass is 10.1. The Morgan fingerprint density at radius 3 is 2.53 bits per heavy atom. The fourth-order valence-electron chi connectivity index (χ4n) is 4.03. The van der Waals surface area contributed by atoms with Crippen molar-refractivity contribution in [3.05, 3.63) is 57.9 Å². The number of sulfonamides is 1. The van der Waals surface area contributed by atoms with Crippen molar-refractivity contribution in [1.82, 2.24) is 14.2 Å². The van der Waals surface area contributed by atoms with Gasteiger partial charge < -0.3 is 4.90 Å². The molecule has 1 aromatic carbocycles. The topological polar surface area (TPSA) is 99.9 Å². The minimum Gasteiger partial charge on any atom is -0.369 e. The Hall–Kier alpha value is -2.52. The van der Waals surface area contributed by atoms with E-state index in [-0.39, 0.29) is 29.2 Å². The molecular formula is C23H28BrN5O4S. The molecule has 0 aliphatic carbocycles.